The van der Waals surface area contributed by atoms with Gasteiger partial charge in [0.1, 0.15) is 0 Å². The summed E-state index contributed by atoms with van der Waals surface area (Å²) >= 11 is -1.96. The number of rotatable bonds is 3. The van der Waals surface area contributed by atoms with Crippen molar-refractivity contribution in [1.29, 1.82) is 0 Å². The summed E-state index contributed by atoms with van der Waals surface area (Å²) in [6.45, 7) is 1.69. The Hall–Kier alpha value is -1.71. The van der Waals surface area contributed by atoms with Crippen molar-refractivity contribution in [3.63, 3.8) is 0 Å². The second-order valence-corrected chi connectivity index (χ2v) is 5.02. The Morgan fingerprint density at radius 1 is 0.889 bits per heavy atom. The monoisotopic (exact) mass is 258 g/mol. The molecular formula is C15H14O2S. The van der Waals surface area contributed by atoms with Crippen molar-refractivity contribution >= 4 is 16.7 Å². The number of hydrogen-bond acceptors (Lipinski definition) is 1. The zero-order valence-electron chi connectivity index (χ0n) is 10.0. The molecule has 0 aromatic heterocycles. The first-order valence-corrected chi connectivity index (χ1v) is 6.73. The molecule has 0 aliphatic carbocycles. The Kier molecular flexibility index (Phi) is 4.07. The van der Waals surface area contributed by atoms with E-state index in [1.165, 1.54) is 0 Å². The van der Waals surface area contributed by atoms with Gasteiger partial charge in [-0.1, -0.05) is 60.7 Å². The minimum atomic E-state index is -1.96. The lowest BCUT2D eigenvalue weighted by molar-refractivity contribution is 0.571. The summed E-state index contributed by atoms with van der Waals surface area (Å²) in [5.41, 5.74) is 2.71. The minimum absolute atomic E-state index is 0.465. The quantitative estimate of drug-likeness (QED) is 0.852. The third-order valence-corrected chi connectivity index (χ3v) is 3.47. The predicted molar refractivity (Wildman–Crippen MR) is 75.4 cm³/mol. The van der Waals surface area contributed by atoms with Crippen LogP contribution >= 0.6 is 0 Å². The molecule has 92 valence electrons. The van der Waals surface area contributed by atoms with E-state index < -0.39 is 11.1 Å². The molecule has 0 fully saturated rings. The first-order valence-electron chi connectivity index (χ1n) is 5.62. The van der Waals surface area contributed by atoms with Gasteiger partial charge in [0.2, 0.25) is 0 Å². The topological polar surface area (TPSA) is 37.3 Å². The normalized spacial score (nSPS) is 11.9. The van der Waals surface area contributed by atoms with Gasteiger partial charge in [-0.2, -0.15) is 0 Å². The van der Waals surface area contributed by atoms with Crippen LogP contribution in [0.1, 0.15) is 18.1 Å². The molecule has 1 N–H and O–H groups in total. The third-order valence-electron chi connectivity index (χ3n) is 2.74. The van der Waals surface area contributed by atoms with Crippen LogP contribution in [-0.2, 0) is 11.1 Å². The van der Waals surface area contributed by atoms with Crippen molar-refractivity contribution in [2.75, 3.05) is 0 Å². The Morgan fingerprint density at radius 2 is 1.28 bits per heavy atom. The zero-order chi connectivity index (χ0) is 13.0. The molecule has 2 nitrogen and oxygen atoms in total. The van der Waals surface area contributed by atoms with E-state index >= 15 is 0 Å². The molecule has 0 amide bonds. The van der Waals surface area contributed by atoms with E-state index in [0.29, 0.717) is 4.91 Å². The maximum Gasteiger partial charge on any atom is 0.182 e. The molecule has 0 aliphatic heterocycles. The average Bonchev–Trinajstić information content (AvgIpc) is 2.41. The van der Waals surface area contributed by atoms with E-state index in [1.54, 1.807) is 6.92 Å². The van der Waals surface area contributed by atoms with E-state index in [-0.39, 0.29) is 0 Å². The van der Waals surface area contributed by atoms with E-state index in [1.807, 2.05) is 60.7 Å². The van der Waals surface area contributed by atoms with Crippen molar-refractivity contribution < 1.29 is 8.76 Å². The molecule has 2 aromatic rings. The van der Waals surface area contributed by atoms with Crippen LogP contribution in [0.5, 0.6) is 0 Å². The van der Waals surface area contributed by atoms with Crippen LogP contribution in [0.25, 0.3) is 5.57 Å². The maximum atomic E-state index is 11.3. The Balaban J connectivity index is 2.64. The summed E-state index contributed by atoms with van der Waals surface area (Å²) in [4.78, 5) is 0.465. The van der Waals surface area contributed by atoms with Crippen molar-refractivity contribution in [2.24, 2.45) is 0 Å². The lowest BCUT2D eigenvalue weighted by atomic mass is 9.98. The van der Waals surface area contributed by atoms with E-state index in [2.05, 4.69) is 0 Å². The van der Waals surface area contributed by atoms with Gasteiger partial charge < -0.3 is 4.55 Å². The Morgan fingerprint density at radius 3 is 1.61 bits per heavy atom. The number of allylic oxidation sites excluding steroid dienone is 1. The van der Waals surface area contributed by atoms with Gasteiger partial charge in [-0.05, 0) is 18.1 Å². The minimum Gasteiger partial charge on any atom is -0.302 e. The summed E-state index contributed by atoms with van der Waals surface area (Å²) in [5, 5.41) is 0. The van der Waals surface area contributed by atoms with Gasteiger partial charge in [0.25, 0.3) is 0 Å². The van der Waals surface area contributed by atoms with Gasteiger partial charge in [-0.3, -0.25) is 0 Å². The molecule has 3 heteroatoms. The van der Waals surface area contributed by atoms with E-state index in [0.717, 1.165) is 16.7 Å². The fourth-order valence-corrected chi connectivity index (χ4v) is 2.28. The number of benzene rings is 2. The first kappa shape index (κ1) is 12.7. The molecule has 1 atom stereocenters. The van der Waals surface area contributed by atoms with Gasteiger partial charge in [-0.15, -0.1) is 0 Å². The zero-order valence-corrected chi connectivity index (χ0v) is 10.9. The largest absolute Gasteiger partial charge is 0.302 e. The van der Waals surface area contributed by atoms with Gasteiger partial charge in [0, 0.05) is 10.5 Å². The maximum absolute atomic E-state index is 11.3. The molecule has 0 radical (unpaired) electrons. The average molecular weight is 258 g/mol. The highest BCUT2D eigenvalue weighted by Gasteiger charge is 2.11. The summed E-state index contributed by atoms with van der Waals surface area (Å²) < 4.78 is 20.7. The molecule has 0 saturated carbocycles. The van der Waals surface area contributed by atoms with Crippen molar-refractivity contribution in [3.05, 3.63) is 76.7 Å². The number of hydrogen-bond donors (Lipinski definition) is 1. The highest BCUT2D eigenvalue weighted by Crippen LogP contribution is 2.27. The summed E-state index contributed by atoms with van der Waals surface area (Å²) in [5.74, 6) is 0. The lowest BCUT2D eigenvalue weighted by Crippen LogP contribution is -1.97. The third kappa shape index (κ3) is 2.75. The molecule has 0 heterocycles. The van der Waals surface area contributed by atoms with Crippen LogP contribution in [-0.4, -0.2) is 8.76 Å². The van der Waals surface area contributed by atoms with E-state index in [4.69, 9.17) is 0 Å². The van der Waals surface area contributed by atoms with Gasteiger partial charge in [0.05, 0.1) is 0 Å². The lowest BCUT2D eigenvalue weighted by Gasteiger charge is -2.11. The molecular weight excluding hydrogens is 244 g/mol. The molecule has 18 heavy (non-hydrogen) atoms. The summed E-state index contributed by atoms with van der Waals surface area (Å²) in [7, 11) is 0. The first-order chi connectivity index (χ1) is 8.70. The fourth-order valence-electron chi connectivity index (χ4n) is 1.87. The molecule has 0 spiro atoms. The fraction of sp³-hybridized carbons (Fsp3) is 0.0667. The second kappa shape index (κ2) is 5.76. The molecule has 2 aromatic carbocycles. The second-order valence-electron chi connectivity index (χ2n) is 3.91. The molecule has 0 bridgehead atoms. The highest BCUT2D eigenvalue weighted by atomic mass is 32.2. The molecule has 2 rings (SSSR count). The van der Waals surface area contributed by atoms with Crippen LogP contribution in [0.4, 0.5) is 0 Å². The molecule has 0 aliphatic rings. The van der Waals surface area contributed by atoms with E-state index in [9.17, 15) is 8.76 Å². The predicted octanol–water partition coefficient (Wildman–Crippen LogP) is 3.69. The van der Waals surface area contributed by atoms with Gasteiger partial charge >= 0.3 is 0 Å². The van der Waals surface area contributed by atoms with Crippen molar-refractivity contribution in [2.45, 2.75) is 6.92 Å². The molecule has 1 unspecified atom stereocenters. The standard InChI is InChI=1S/C15H14O2S/c1-12(18(16)17)15(13-8-4-2-5-9-13)14-10-6-3-7-11-14/h2-11H,1H3,(H,16,17). The van der Waals surface area contributed by atoms with Crippen LogP contribution in [0.3, 0.4) is 0 Å². The summed E-state index contributed by atoms with van der Waals surface area (Å²) in [6.07, 6.45) is 0. The smallest absolute Gasteiger partial charge is 0.182 e. The van der Waals surface area contributed by atoms with Crippen LogP contribution in [0.15, 0.2) is 65.6 Å². The van der Waals surface area contributed by atoms with Crippen LogP contribution in [0, 0.1) is 0 Å². The van der Waals surface area contributed by atoms with Crippen molar-refractivity contribution in [3.8, 4) is 0 Å². The van der Waals surface area contributed by atoms with Gasteiger partial charge in [-0.25, -0.2) is 4.21 Å². The van der Waals surface area contributed by atoms with Crippen molar-refractivity contribution in [1.82, 2.24) is 0 Å². The highest BCUT2D eigenvalue weighted by molar-refractivity contribution is 7.83. The Labute approximate surface area is 109 Å². The Bertz CT molecular complexity index is 532. The SMILES string of the molecule is CC(=C(c1ccccc1)c1ccccc1)S(=O)O. The van der Waals surface area contributed by atoms with Crippen LogP contribution < -0.4 is 0 Å². The van der Waals surface area contributed by atoms with Gasteiger partial charge in [0.15, 0.2) is 11.1 Å². The molecule has 0 saturated heterocycles. The van der Waals surface area contributed by atoms with Crippen LogP contribution in [0.2, 0.25) is 0 Å². The summed E-state index contributed by atoms with van der Waals surface area (Å²) in [6, 6.07) is 19.3.